The van der Waals surface area contributed by atoms with Crippen molar-refractivity contribution in [2.45, 2.75) is 26.2 Å². The smallest absolute Gasteiger partial charge is 0.206 e. The number of aryl methyl sites for hydroxylation is 2. The quantitative estimate of drug-likeness (QED) is 0.0854. The summed E-state index contributed by atoms with van der Waals surface area (Å²) in [5.41, 5.74) is 16.4. The first kappa shape index (κ1) is 46.8. The van der Waals surface area contributed by atoms with E-state index >= 15 is 0 Å². The molecule has 0 saturated carbocycles. The zero-order valence-corrected chi connectivity index (χ0v) is 41.2. The predicted octanol–water partition coefficient (Wildman–Crippen LogP) is 11.7. The van der Waals surface area contributed by atoms with Crippen LogP contribution in [0.4, 0.5) is 0 Å². The summed E-state index contributed by atoms with van der Waals surface area (Å²) in [6.45, 7) is 3.20. The summed E-state index contributed by atoms with van der Waals surface area (Å²) in [7, 11) is 6.79. The lowest BCUT2D eigenvalue weighted by Crippen LogP contribution is -2.43. The van der Waals surface area contributed by atoms with Crippen molar-refractivity contribution in [3.05, 3.63) is 243 Å². The molecule has 8 heteroatoms. The standard InChI is InChI=1S/C64H58N4O4/c1-69-61-13-5-49(6-14-61)57-39-47(40-58(43-57)50-7-15-62(70-2)16-8-50)45-67-33-25-55(26-34-67)53-21-29-65(30-22-53)37-38-66-31-23-54(24-32-66)56-27-35-68(36-28-56)46-48-41-59(51-9-17-63(71-3)18-10-51)44-60(42-48)52-11-19-64(72-4)20-12-52/h5-36,39-44H,37-38,45-46H2,1-4H3/q+4. The van der Waals surface area contributed by atoms with E-state index in [2.05, 4.69) is 201 Å². The zero-order chi connectivity index (χ0) is 49.2. The number of methoxy groups -OCH3 is 4. The molecule has 0 saturated heterocycles. The number of pyridine rings is 4. The van der Waals surface area contributed by atoms with Gasteiger partial charge in [0.05, 0.1) is 28.4 Å². The number of nitrogens with zero attached hydrogens (tertiary/aromatic N) is 4. The van der Waals surface area contributed by atoms with E-state index in [-0.39, 0.29) is 0 Å². The van der Waals surface area contributed by atoms with Gasteiger partial charge in [0.2, 0.25) is 13.1 Å². The topological polar surface area (TPSA) is 52.4 Å². The van der Waals surface area contributed by atoms with Crippen LogP contribution in [0, 0.1) is 0 Å². The zero-order valence-electron chi connectivity index (χ0n) is 41.2. The third kappa shape index (κ3) is 11.3. The van der Waals surface area contributed by atoms with Crippen LogP contribution < -0.4 is 37.2 Å². The molecule has 4 aromatic heterocycles. The molecular formula is C64H58N4O4+4. The molecule has 4 heterocycles. The van der Waals surface area contributed by atoms with E-state index in [1.807, 2.05) is 48.5 Å². The molecule has 0 atom stereocenters. The molecular weight excluding hydrogens is 889 g/mol. The maximum Gasteiger partial charge on any atom is 0.206 e. The summed E-state index contributed by atoms with van der Waals surface area (Å²) in [6, 6.07) is 64.2. The lowest BCUT2D eigenvalue weighted by molar-refractivity contribution is -0.778. The van der Waals surface area contributed by atoms with Crippen molar-refractivity contribution in [1.29, 1.82) is 0 Å². The molecule has 354 valence electrons. The number of hydrogen-bond donors (Lipinski definition) is 0. The number of rotatable bonds is 17. The Bertz CT molecular complexity index is 3020. The molecule has 0 N–H and O–H groups in total. The fourth-order valence-corrected chi connectivity index (χ4v) is 9.13. The van der Waals surface area contributed by atoms with Gasteiger partial charge in [0.25, 0.3) is 0 Å². The van der Waals surface area contributed by atoms with Crippen LogP contribution in [0.15, 0.2) is 232 Å². The van der Waals surface area contributed by atoms with Crippen LogP contribution in [-0.2, 0) is 26.2 Å². The molecule has 0 fully saturated rings. The van der Waals surface area contributed by atoms with Gasteiger partial charge in [0.15, 0.2) is 62.7 Å². The second-order valence-electron chi connectivity index (χ2n) is 17.9. The highest BCUT2D eigenvalue weighted by atomic mass is 16.5. The number of aromatic nitrogens is 4. The predicted molar refractivity (Wildman–Crippen MR) is 284 cm³/mol. The SMILES string of the molecule is COc1ccc(-c2cc(C[n+]3ccc(-c4cc[n+](CC[n+]5ccc(-c6cc[n+](Cc7cc(-c8ccc(OC)cc8)cc(-c8ccc(OC)cc8)c7)cc6)cc5)cc4)cc3)cc(-c3ccc(OC)cc3)c2)cc1. The molecule has 0 spiro atoms. The Kier molecular flexibility index (Phi) is 14.2. The molecule has 8 nitrogen and oxygen atoms in total. The Labute approximate surface area is 422 Å². The van der Waals surface area contributed by atoms with E-state index < -0.39 is 0 Å². The number of hydrogen-bond acceptors (Lipinski definition) is 4. The highest BCUT2D eigenvalue weighted by Gasteiger charge is 2.15. The van der Waals surface area contributed by atoms with Gasteiger partial charge in [0.1, 0.15) is 23.0 Å². The fourth-order valence-electron chi connectivity index (χ4n) is 9.13. The Morgan fingerprint density at radius 1 is 0.236 bits per heavy atom. The van der Waals surface area contributed by atoms with Gasteiger partial charge >= 0.3 is 0 Å². The lowest BCUT2D eigenvalue weighted by atomic mass is 9.96. The van der Waals surface area contributed by atoms with Crippen LogP contribution in [0.5, 0.6) is 23.0 Å². The van der Waals surface area contributed by atoms with Crippen molar-refractivity contribution in [3.63, 3.8) is 0 Å². The van der Waals surface area contributed by atoms with Gasteiger partial charge in [-0.25, -0.2) is 9.13 Å². The molecule has 0 amide bonds. The van der Waals surface area contributed by atoms with E-state index in [0.29, 0.717) is 0 Å². The van der Waals surface area contributed by atoms with Crippen LogP contribution >= 0.6 is 0 Å². The molecule has 0 aliphatic carbocycles. The minimum Gasteiger partial charge on any atom is -0.497 e. The number of benzene rings is 6. The highest BCUT2D eigenvalue weighted by Crippen LogP contribution is 2.33. The van der Waals surface area contributed by atoms with Gasteiger partial charge in [-0.15, -0.1) is 0 Å². The van der Waals surface area contributed by atoms with Gasteiger partial charge in [-0.2, -0.15) is 9.13 Å². The highest BCUT2D eigenvalue weighted by molar-refractivity contribution is 5.76. The molecule has 0 bridgehead atoms. The molecule has 10 rings (SSSR count). The summed E-state index contributed by atoms with van der Waals surface area (Å²) in [6.07, 6.45) is 17.4. The summed E-state index contributed by atoms with van der Waals surface area (Å²) in [4.78, 5) is 0. The first-order chi connectivity index (χ1) is 35.4. The van der Waals surface area contributed by atoms with Crippen molar-refractivity contribution in [1.82, 2.24) is 0 Å². The molecule has 0 aliphatic heterocycles. The maximum atomic E-state index is 5.43. The van der Waals surface area contributed by atoms with Crippen molar-refractivity contribution >= 4 is 0 Å². The third-order valence-corrected chi connectivity index (χ3v) is 13.3. The van der Waals surface area contributed by atoms with Crippen LogP contribution in [-0.4, -0.2) is 28.4 Å². The minimum absolute atomic E-state index is 0.739. The molecule has 0 radical (unpaired) electrons. The van der Waals surface area contributed by atoms with E-state index in [9.17, 15) is 0 Å². The monoisotopic (exact) mass is 946 g/mol. The minimum atomic E-state index is 0.739. The van der Waals surface area contributed by atoms with Gasteiger partial charge in [-0.3, -0.25) is 0 Å². The van der Waals surface area contributed by atoms with Gasteiger partial charge in [-0.05, 0) is 152 Å². The Balaban J connectivity index is 0.762. The van der Waals surface area contributed by atoms with Crippen molar-refractivity contribution in [2.24, 2.45) is 0 Å². The van der Waals surface area contributed by atoms with Crippen molar-refractivity contribution in [2.75, 3.05) is 28.4 Å². The van der Waals surface area contributed by atoms with E-state index in [1.54, 1.807) is 28.4 Å². The van der Waals surface area contributed by atoms with Crippen molar-refractivity contribution < 1.29 is 37.2 Å². The lowest BCUT2D eigenvalue weighted by Gasteiger charge is -2.11. The first-order valence-electron chi connectivity index (χ1n) is 24.2. The van der Waals surface area contributed by atoms with E-state index in [0.717, 1.165) is 93.7 Å². The summed E-state index contributed by atoms with van der Waals surface area (Å²) < 4.78 is 30.7. The second-order valence-corrected chi connectivity index (χ2v) is 17.9. The summed E-state index contributed by atoms with van der Waals surface area (Å²) in [5, 5.41) is 0. The Morgan fingerprint density at radius 2 is 0.444 bits per heavy atom. The van der Waals surface area contributed by atoms with Crippen LogP contribution in [0.25, 0.3) is 66.8 Å². The van der Waals surface area contributed by atoms with Gasteiger partial charge in [0, 0.05) is 59.7 Å². The third-order valence-electron chi connectivity index (χ3n) is 13.3. The Morgan fingerprint density at radius 3 is 0.667 bits per heavy atom. The largest absolute Gasteiger partial charge is 0.497 e. The van der Waals surface area contributed by atoms with Crippen molar-refractivity contribution in [3.8, 4) is 89.8 Å². The average molecular weight is 947 g/mol. The van der Waals surface area contributed by atoms with Gasteiger partial charge in [-0.1, -0.05) is 48.5 Å². The normalized spacial score (nSPS) is 11.0. The molecule has 0 aliphatic rings. The van der Waals surface area contributed by atoms with Crippen LogP contribution in [0.2, 0.25) is 0 Å². The van der Waals surface area contributed by atoms with E-state index in [4.69, 9.17) is 18.9 Å². The fraction of sp³-hybridized carbons (Fsp3) is 0.125. The van der Waals surface area contributed by atoms with Gasteiger partial charge < -0.3 is 18.9 Å². The van der Waals surface area contributed by atoms with Crippen LogP contribution in [0.3, 0.4) is 0 Å². The first-order valence-corrected chi connectivity index (χ1v) is 24.2. The van der Waals surface area contributed by atoms with E-state index in [1.165, 1.54) is 33.4 Å². The molecule has 72 heavy (non-hydrogen) atoms. The molecule has 0 unspecified atom stereocenters. The average Bonchev–Trinajstić information content (AvgIpc) is 3.45. The second kappa shape index (κ2) is 21.8. The molecule has 6 aromatic carbocycles. The Hall–Kier alpha value is -8.88. The maximum absolute atomic E-state index is 5.43. The summed E-state index contributed by atoms with van der Waals surface area (Å²) >= 11 is 0. The molecule has 10 aromatic rings. The van der Waals surface area contributed by atoms with Crippen LogP contribution in [0.1, 0.15) is 11.1 Å². The number of ether oxygens (including phenoxy) is 4. The summed E-state index contributed by atoms with van der Waals surface area (Å²) in [5.74, 6) is 3.37.